The molecule has 1 atom stereocenters. The van der Waals surface area contributed by atoms with Crippen LogP contribution in [0.1, 0.15) is 6.42 Å². The zero-order valence-corrected chi connectivity index (χ0v) is 5.40. The number of aliphatic carboxylic acids is 1. The van der Waals surface area contributed by atoms with E-state index < -0.39 is 24.5 Å². The lowest BCUT2D eigenvalue weighted by atomic mass is 10.3. The molecule has 0 saturated carbocycles. The van der Waals surface area contributed by atoms with Gasteiger partial charge in [-0.2, -0.15) is 0 Å². The lowest BCUT2D eigenvalue weighted by Gasteiger charge is -2.01. The standard InChI is InChI=1S/C5H8O5.Mg.2H/c1-10-4(7)2-3(6)5(8)9;;;/h3,6H,2H2,1H3,(H,8,9);;;. The summed E-state index contributed by atoms with van der Waals surface area (Å²) in [5.74, 6) is -2.17. The number of methoxy groups -OCH3 is 1. The molecule has 62 valence electrons. The number of carboxylic acids is 1. The average molecular weight is 174 g/mol. The van der Waals surface area contributed by atoms with Crippen LogP contribution in [-0.2, 0) is 14.3 Å². The molecule has 0 aliphatic carbocycles. The number of carboxylic acid groups (broad SMARTS) is 1. The van der Waals surface area contributed by atoms with Gasteiger partial charge in [-0.25, -0.2) is 4.79 Å². The Kier molecular flexibility index (Phi) is 7.70. The summed E-state index contributed by atoms with van der Waals surface area (Å²) >= 11 is 0. The highest BCUT2D eigenvalue weighted by Crippen LogP contribution is 1.92. The van der Waals surface area contributed by atoms with Crippen LogP contribution in [0.25, 0.3) is 0 Å². The SMILES string of the molecule is COC(=O)CC(O)C(=O)O.[MgH2]. The highest BCUT2D eigenvalue weighted by Gasteiger charge is 2.17. The van der Waals surface area contributed by atoms with Gasteiger partial charge in [0.15, 0.2) is 6.10 Å². The summed E-state index contributed by atoms with van der Waals surface area (Å²) < 4.78 is 4.11. The van der Waals surface area contributed by atoms with Crippen molar-refractivity contribution in [2.75, 3.05) is 7.11 Å². The Bertz CT molecular complexity index is 146. The minimum atomic E-state index is -1.66. The van der Waals surface area contributed by atoms with Crippen LogP contribution in [0.2, 0.25) is 0 Å². The molecule has 0 rings (SSSR count). The molecule has 0 bridgehead atoms. The summed E-state index contributed by atoms with van der Waals surface area (Å²) in [4.78, 5) is 20.2. The third-order valence-corrected chi connectivity index (χ3v) is 0.873. The summed E-state index contributed by atoms with van der Waals surface area (Å²) in [6, 6.07) is 0. The van der Waals surface area contributed by atoms with E-state index in [0.717, 1.165) is 7.11 Å². The minimum Gasteiger partial charge on any atom is -0.479 e. The number of carbonyl (C=O) groups excluding carboxylic acids is 1. The molecule has 0 spiro atoms. The number of hydrogen-bond acceptors (Lipinski definition) is 4. The fraction of sp³-hybridized carbons (Fsp3) is 0.600. The molecule has 0 radical (unpaired) electrons. The average Bonchev–Trinajstić information content (AvgIpc) is 1.87. The third kappa shape index (κ3) is 6.08. The highest BCUT2D eigenvalue weighted by molar-refractivity contribution is 5.80. The number of aliphatic hydroxyl groups is 1. The predicted octanol–water partition coefficient (Wildman–Crippen LogP) is -1.92. The van der Waals surface area contributed by atoms with Crippen molar-refractivity contribution in [1.82, 2.24) is 0 Å². The largest absolute Gasteiger partial charge is 0.479 e. The summed E-state index contributed by atoms with van der Waals surface area (Å²) in [6.07, 6.45) is -2.17. The molecule has 0 fully saturated rings. The molecular weight excluding hydrogens is 164 g/mol. The Morgan fingerprint density at radius 2 is 2.00 bits per heavy atom. The van der Waals surface area contributed by atoms with Gasteiger partial charge >= 0.3 is 35.0 Å². The summed E-state index contributed by atoms with van der Waals surface area (Å²) in [5, 5.41) is 16.6. The van der Waals surface area contributed by atoms with Gasteiger partial charge in [-0.05, 0) is 0 Å². The molecule has 0 heterocycles. The highest BCUT2D eigenvalue weighted by atomic mass is 24.3. The number of rotatable bonds is 3. The van der Waals surface area contributed by atoms with Crippen LogP contribution in [0.4, 0.5) is 0 Å². The van der Waals surface area contributed by atoms with Crippen LogP contribution in [-0.4, -0.2) is 58.4 Å². The second kappa shape index (κ2) is 6.38. The van der Waals surface area contributed by atoms with Gasteiger partial charge in [-0.15, -0.1) is 0 Å². The van der Waals surface area contributed by atoms with Gasteiger partial charge in [0.1, 0.15) is 0 Å². The Hall–Kier alpha value is -0.334. The lowest BCUT2D eigenvalue weighted by Crippen LogP contribution is -2.23. The van der Waals surface area contributed by atoms with E-state index in [-0.39, 0.29) is 23.1 Å². The molecule has 11 heavy (non-hydrogen) atoms. The Labute approximate surface area is 79.5 Å². The molecule has 2 N–H and O–H groups in total. The van der Waals surface area contributed by atoms with Crippen molar-refractivity contribution in [2.45, 2.75) is 12.5 Å². The van der Waals surface area contributed by atoms with E-state index in [2.05, 4.69) is 4.74 Å². The first-order valence-electron chi connectivity index (χ1n) is 2.55. The maximum Gasteiger partial charge on any atom is 0.333 e. The zero-order valence-electron chi connectivity index (χ0n) is 5.40. The van der Waals surface area contributed by atoms with E-state index in [1.54, 1.807) is 0 Å². The Morgan fingerprint density at radius 3 is 2.27 bits per heavy atom. The first-order valence-corrected chi connectivity index (χ1v) is 2.55. The second-order valence-electron chi connectivity index (χ2n) is 1.63. The van der Waals surface area contributed by atoms with E-state index in [1.165, 1.54) is 0 Å². The molecule has 0 aliphatic heterocycles. The molecule has 0 aromatic heterocycles. The van der Waals surface area contributed by atoms with E-state index in [4.69, 9.17) is 10.2 Å². The molecule has 0 amide bonds. The van der Waals surface area contributed by atoms with Crippen LogP contribution in [0, 0.1) is 0 Å². The van der Waals surface area contributed by atoms with Gasteiger partial charge < -0.3 is 14.9 Å². The monoisotopic (exact) mass is 174 g/mol. The zero-order chi connectivity index (χ0) is 8.15. The normalized spacial score (nSPS) is 11.1. The molecule has 0 aromatic rings. The van der Waals surface area contributed by atoms with E-state index in [0.29, 0.717) is 0 Å². The van der Waals surface area contributed by atoms with Gasteiger partial charge in [0, 0.05) is 0 Å². The molecule has 6 heteroatoms. The van der Waals surface area contributed by atoms with Crippen molar-refractivity contribution in [1.29, 1.82) is 0 Å². The maximum absolute atomic E-state index is 10.3. The minimum absolute atomic E-state index is 0. The van der Waals surface area contributed by atoms with Crippen molar-refractivity contribution in [3.63, 3.8) is 0 Å². The molecular formula is C5H10MgO5. The van der Waals surface area contributed by atoms with Gasteiger partial charge in [0.05, 0.1) is 13.5 Å². The quantitative estimate of drug-likeness (QED) is 0.385. The Morgan fingerprint density at radius 1 is 1.55 bits per heavy atom. The first-order chi connectivity index (χ1) is 4.57. The molecule has 0 saturated heterocycles. The van der Waals surface area contributed by atoms with E-state index in [9.17, 15) is 9.59 Å². The van der Waals surface area contributed by atoms with Gasteiger partial charge in [0.25, 0.3) is 0 Å². The third-order valence-electron chi connectivity index (χ3n) is 0.873. The molecule has 5 nitrogen and oxygen atoms in total. The van der Waals surface area contributed by atoms with Crippen molar-refractivity contribution in [2.24, 2.45) is 0 Å². The number of hydrogen-bond donors (Lipinski definition) is 2. The fourth-order valence-electron chi connectivity index (χ4n) is 0.329. The summed E-state index contributed by atoms with van der Waals surface area (Å²) in [6.45, 7) is 0. The van der Waals surface area contributed by atoms with Crippen molar-refractivity contribution < 1.29 is 24.5 Å². The topological polar surface area (TPSA) is 83.8 Å². The number of aliphatic hydroxyl groups excluding tert-OH is 1. The van der Waals surface area contributed by atoms with Gasteiger partial charge in [-0.3, -0.25) is 4.79 Å². The van der Waals surface area contributed by atoms with Crippen LogP contribution in [0.15, 0.2) is 0 Å². The van der Waals surface area contributed by atoms with E-state index in [1.807, 2.05) is 0 Å². The Balaban J connectivity index is 0. The number of ether oxygens (including phenoxy) is 1. The predicted molar refractivity (Wildman–Crippen MR) is 38.8 cm³/mol. The number of carbonyl (C=O) groups is 2. The van der Waals surface area contributed by atoms with Crippen LogP contribution in [0.3, 0.4) is 0 Å². The van der Waals surface area contributed by atoms with Gasteiger partial charge in [-0.1, -0.05) is 0 Å². The first kappa shape index (κ1) is 13.3. The summed E-state index contributed by atoms with van der Waals surface area (Å²) in [7, 11) is 1.12. The summed E-state index contributed by atoms with van der Waals surface area (Å²) in [5.41, 5.74) is 0. The molecule has 1 unspecified atom stereocenters. The van der Waals surface area contributed by atoms with Crippen LogP contribution >= 0.6 is 0 Å². The van der Waals surface area contributed by atoms with Crippen LogP contribution in [0.5, 0.6) is 0 Å². The fourth-order valence-corrected chi connectivity index (χ4v) is 0.329. The van der Waals surface area contributed by atoms with Crippen molar-refractivity contribution in [3.8, 4) is 0 Å². The number of esters is 1. The van der Waals surface area contributed by atoms with Gasteiger partial charge in [0.2, 0.25) is 0 Å². The van der Waals surface area contributed by atoms with E-state index >= 15 is 0 Å². The molecule has 0 aliphatic rings. The van der Waals surface area contributed by atoms with Crippen LogP contribution < -0.4 is 0 Å². The van der Waals surface area contributed by atoms with Crippen molar-refractivity contribution >= 4 is 35.0 Å². The second-order valence-corrected chi connectivity index (χ2v) is 1.63. The molecule has 0 aromatic carbocycles. The lowest BCUT2D eigenvalue weighted by molar-refractivity contribution is -0.154. The maximum atomic E-state index is 10.3. The van der Waals surface area contributed by atoms with Crippen molar-refractivity contribution in [3.05, 3.63) is 0 Å². The smallest absolute Gasteiger partial charge is 0.333 e.